The van der Waals surface area contributed by atoms with Crippen LogP contribution in [0.2, 0.25) is 5.02 Å². The van der Waals surface area contributed by atoms with Crippen molar-refractivity contribution in [3.05, 3.63) is 92.8 Å². The molecule has 1 aromatic heterocycles. The van der Waals surface area contributed by atoms with Gasteiger partial charge in [0.05, 0.1) is 10.9 Å². The van der Waals surface area contributed by atoms with Gasteiger partial charge in [0.15, 0.2) is 6.61 Å². The lowest BCUT2D eigenvalue weighted by Gasteiger charge is -2.15. The molecule has 0 unspecified atom stereocenters. The van der Waals surface area contributed by atoms with Gasteiger partial charge in [0.1, 0.15) is 11.3 Å². The minimum Gasteiger partial charge on any atom is -0.484 e. The second-order valence-corrected chi connectivity index (χ2v) is 8.73. The molecule has 0 aliphatic heterocycles. The molecule has 0 saturated heterocycles. The molecule has 5 nitrogen and oxygen atoms in total. The van der Waals surface area contributed by atoms with Gasteiger partial charge in [-0.3, -0.25) is 9.59 Å². The van der Waals surface area contributed by atoms with Crippen LogP contribution in [0.3, 0.4) is 0 Å². The number of aryl methyl sites for hydroxylation is 2. The molecule has 0 saturated carbocycles. The highest BCUT2D eigenvalue weighted by atomic mass is 35.5. The number of fused-ring (bicyclic) bond motifs is 1. The minimum atomic E-state index is -4.93. The fraction of sp³-hybridized carbons (Fsp3) is 0.214. The van der Waals surface area contributed by atoms with E-state index in [0.717, 1.165) is 29.7 Å². The summed E-state index contributed by atoms with van der Waals surface area (Å²) < 4.78 is 52.3. The highest BCUT2D eigenvalue weighted by molar-refractivity contribution is 6.30. The van der Waals surface area contributed by atoms with E-state index in [-0.39, 0.29) is 28.9 Å². The first-order valence-corrected chi connectivity index (χ1v) is 12.0. The second-order valence-electron chi connectivity index (χ2n) is 8.29. The lowest BCUT2D eigenvalue weighted by Crippen LogP contribution is -2.22. The van der Waals surface area contributed by atoms with Gasteiger partial charge in [-0.25, -0.2) is 0 Å². The van der Waals surface area contributed by atoms with E-state index in [2.05, 4.69) is 5.32 Å². The predicted octanol–water partition coefficient (Wildman–Crippen LogP) is 7.27. The molecule has 0 aliphatic rings. The monoisotopic (exact) mass is 529 g/mol. The van der Waals surface area contributed by atoms with Crippen LogP contribution < -0.4 is 15.5 Å². The lowest BCUT2D eigenvalue weighted by atomic mass is 10.0. The molecule has 0 bridgehead atoms. The first-order chi connectivity index (χ1) is 17.6. The molecular formula is C28H23ClF3NO4. The van der Waals surface area contributed by atoms with Crippen molar-refractivity contribution in [2.45, 2.75) is 32.9 Å². The van der Waals surface area contributed by atoms with Gasteiger partial charge in [-0.05, 0) is 53.8 Å². The number of para-hydroxylation sites is 1. The van der Waals surface area contributed by atoms with Crippen LogP contribution >= 0.6 is 11.6 Å². The third-order valence-corrected chi connectivity index (χ3v) is 6.14. The minimum absolute atomic E-state index is 0.0307. The van der Waals surface area contributed by atoms with Gasteiger partial charge in [-0.15, -0.1) is 0 Å². The molecule has 0 fully saturated rings. The zero-order chi connectivity index (χ0) is 26.7. The number of nitrogens with one attached hydrogen (secondary N) is 1. The molecule has 1 N–H and O–H groups in total. The number of rotatable bonds is 7. The summed E-state index contributed by atoms with van der Waals surface area (Å²) in [6, 6.07) is 15.1. The van der Waals surface area contributed by atoms with E-state index >= 15 is 0 Å². The predicted molar refractivity (Wildman–Crippen MR) is 137 cm³/mol. The van der Waals surface area contributed by atoms with Crippen LogP contribution in [0, 0.1) is 0 Å². The van der Waals surface area contributed by atoms with Crippen LogP contribution in [0.4, 0.5) is 18.9 Å². The SMILES string of the molecule is CCc1cccc(CC)c1NC(=O)COc1ccc2c(=O)c(-c3ccc(Cl)cc3)c(C(F)(F)F)oc2c1. The van der Waals surface area contributed by atoms with Crippen molar-refractivity contribution in [2.75, 3.05) is 11.9 Å². The van der Waals surface area contributed by atoms with Crippen molar-refractivity contribution in [2.24, 2.45) is 0 Å². The number of alkyl halides is 3. The van der Waals surface area contributed by atoms with Crippen LogP contribution in [-0.2, 0) is 23.8 Å². The maximum Gasteiger partial charge on any atom is 0.450 e. The van der Waals surface area contributed by atoms with Crippen LogP contribution in [0.25, 0.3) is 22.1 Å². The van der Waals surface area contributed by atoms with E-state index in [1.54, 1.807) is 0 Å². The normalized spacial score (nSPS) is 11.5. The van der Waals surface area contributed by atoms with Crippen LogP contribution in [0.1, 0.15) is 30.7 Å². The largest absolute Gasteiger partial charge is 0.484 e. The Hall–Kier alpha value is -3.78. The molecule has 192 valence electrons. The van der Waals surface area contributed by atoms with Gasteiger partial charge < -0.3 is 14.5 Å². The summed E-state index contributed by atoms with van der Waals surface area (Å²) in [5, 5.41) is 3.12. The topological polar surface area (TPSA) is 68.5 Å². The molecule has 3 aromatic carbocycles. The molecule has 0 aliphatic carbocycles. The second kappa shape index (κ2) is 10.7. The number of benzene rings is 3. The van der Waals surface area contributed by atoms with Crippen molar-refractivity contribution >= 4 is 34.2 Å². The van der Waals surface area contributed by atoms with E-state index in [1.807, 2.05) is 32.0 Å². The zero-order valence-corrected chi connectivity index (χ0v) is 20.8. The molecular weight excluding hydrogens is 507 g/mol. The van der Waals surface area contributed by atoms with E-state index in [4.69, 9.17) is 20.8 Å². The quantitative estimate of drug-likeness (QED) is 0.273. The molecule has 0 spiro atoms. The third kappa shape index (κ3) is 5.64. The Balaban J connectivity index is 1.63. The smallest absolute Gasteiger partial charge is 0.450 e. The summed E-state index contributed by atoms with van der Waals surface area (Å²) in [5.74, 6) is -1.77. The number of anilines is 1. The van der Waals surface area contributed by atoms with Crippen molar-refractivity contribution in [1.82, 2.24) is 0 Å². The maximum atomic E-state index is 13.9. The van der Waals surface area contributed by atoms with Crippen LogP contribution in [0.5, 0.6) is 5.75 Å². The third-order valence-electron chi connectivity index (χ3n) is 5.89. The zero-order valence-electron chi connectivity index (χ0n) is 20.0. The molecule has 0 radical (unpaired) electrons. The number of amides is 1. The molecule has 37 heavy (non-hydrogen) atoms. The van der Waals surface area contributed by atoms with Crippen molar-refractivity contribution in [3.63, 3.8) is 0 Å². The summed E-state index contributed by atoms with van der Waals surface area (Å²) in [4.78, 5) is 25.7. The summed E-state index contributed by atoms with van der Waals surface area (Å²) in [6.45, 7) is 3.58. The van der Waals surface area contributed by atoms with Gasteiger partial charge in [0, 0.05) is 16.8 Å². The molecule has 9 heteroatoms. The molecule has 1 amide bonds. The number of ether oxygens (including phenoxy) is 1. The molecule has 0 atom stereocenters. The summed E-state index contributed by atoms with van der Waals surface area (Å²) in [5.41, 5.74) is 0.970. The Bertz CT molecular complexity index is 1490. The van der Waals surface area contributed by atoms with E-state index in [9.17, 15) is 22.8 Å². The summed E-state index contributed by atoms with van der Waals surface area (Å²) in [7, 11) is 0. The molecule has 1 heterocycles. The molecule has 4 rings (SSSR count). The fourth-order valence-electron chi connectivity index (χ4n) is 4.07. The summed E-state index contributed by atoms with van der Waals surface area (Å²) in [6.07, 6.45) is -3.47. The highest BCUT2D eigenvalue weighted by Gasteiger charge is 2.39. The average Bonchev–Trinajstić information content (AvgIpc) is 2.87. The first-order valence-electron chi connectivity index (χ1n) is 11.6. The standard InChI is InChI=1S/C28H23ClF3NO4/c1-3-16-6-5-7-17(4-2)25(16)33-23(34)15-36-20-12-13-21-22(14-20)37-27(28(30,31)32)24(26(21)35)18-8-10-19(29)11-9-18/h5-14H,3-4,15H2,1-2H3,(H,33,34). The first kappa shape index (κ1) is 26.3. The van der Waals surface area contributed by atoms with Crippen molar-refractivity contribution < 1.29 is 27.1 Å². The number of hydrogen-bond donors (Lipinski definition) is 1. The van der Waals surface area contributed by atoms with E-state index < -0.39 is 28.8 Å². The van der Waals surface area contributed by atoms with Gasteiger partial charge in [0.25, 0.3) is 5.91 Å². The Labute approximate surface area is 215 Å². The number of carbonyl (C=O) groups is 1. The summed E-state index contributed by atoms with van der Waals surface area (Å²) >= 11 is 5.84. The van der Waals surface area contributed by atoms with E-state index in [1.165, 1.54) is 42.5 Å². The number of carbonyl (C=O) groups excluding carboxylic acids is 1. The van der Waals surface area contributed by atoms with Crippen LogP contribution in [0.15, 0.2) is 69.9 Å². The highest BCUT2D eigenvalue weighted by Crippen LogP contribution is 2.38. The Kier molecular flexibility index (Phi) is 7.59. The van der Waals surface area contributed by atoms with Gasteiger partial charge in [-0.2, -0.15) is 13.2 Å². The number of halogens is 4. The lowest BCUT2D eigenvalue weighted by molar-refractivity contribution is -0.152. The van der Waals surface area contributed by atoms with E-state index in [0.29, 0.717) is 5.02 Å². The Morgan fingerprint density at radius 3 is 2.24 bits per heavy atom. The molecule has 4 aromatic rings. The van der Waals surface area contributed by atoms with Crippen molar-refractivity contribution in [3.8, 4) is 16.9 Å². The fourth-order valence-corrected chi connectivity index (χ4v) is 4.20. The number of hydrogen-bond acceptors (Lipinski definition) is 4. The maximum absolute atomic E-state index is 13.9. The van der Waals surface area contributed by atoms with Gasteiger partial charge in [0.2, 0.25) is 11.2 Å². The van der Waals surface area contributed by atoms with Crippen molar-refractivity contribution in [1.29, 1.82) is 0 Å². The van der Waals surface area contributed by atoms with Gasteiger partial charge in [-0.1, -0.05) is 55.8 Å². The Morgan fingerprint density at radius 2 is 1.65 bits per heavy atom. The average molecular weight is 530 g/mol. The van der Waals surface area contributed by atoms with Crippen LogP contribution in [-0.4, -0.2) is 12.5 Å². The van der Waals surface area contributed by atoms with Gasteiger partial charge >= 0.3 is 6.18 Å². The Morgan fingerprint density at radius 1 is 1.00 bits per heavy atom.